The molecule has 0 aliphatic carbocycles. The first-order valence-electron chi connectivity index (χ1n) is 10.1. The molecule has 4 rings (SSSR count). The second-order valence-electron chi connectivity index (χ2n) is 7.83. The van der Waals surface area contributed by atoms with Crippen LogP contribution in [0.25, 0.3) is 0 Å². The molecule has 2 aromatic carbocycles. The van der Waals surface area contributed by atoms with Gasteiger partial charge in [-0.2, -0.15) is 13.2 Å². The summed E-state index contributed by atoms with van der Waals surface area (Å²) in [7, 11) is 1.59. The van der Waals surface area contributed by atoms with Crippen LogP contribution in [0.1, 0.15) is 36.0 Å². The molecule has 0 unspecified atom stereocenters. The lowest BCUT2D eigenvalue weighted by molar-refractivity contribution is -0.212. The summed E-state index contributed by atoms with van der Waals surface area (Å²) >= 11 is 0. The van der Waals surface area contributed by atoms with Gasteiger partial charge in [-0.25, -0.2) is 0 Å². The molecule has 1 N–H and O–H groups in total. The van der Waals surface area contributed by atoms with Gasteiger partial charge in [-0.3, -0.25) is 0 Å². The summed E-state index contributed by atoms with van der Waals surface area (Å²) in [6, 6.07) is 12.4. The van der Waals surface area contributed by atoms with Gasteiger partial charge in [0.05, 0.1) is 18.8 Å². The highest BCUT2D eigenvalue weighted by Crippen LogP contribution is 2.43. The van der Waals surface area contributed by atoms with Crippen LogP contribution in [-0.2, 0) is 22.1 Å². The first-order chi connectivity index (χ1) is 14.8. The third kappa shape index (κ3) is 4.87. The smallest absolute Gasteiger partial charge is 0.416 e. The highest BCUT2D eigenvalue weighted by Gasteiger charge is 2.53. The number of hydrogen-bond donors (Lipinski definition) is 1. The van der Waals surface area contributed by atoms with E-state index in [4.69, 9.17) is 14.2 Å². The molecule has 4 atom stereocenters. The molecule has 0 amide bonds. The highest BCUT2D eigenvalue weighted by molar-refractivity contribution is 5.39. The topological polar surface area (TPSA) is 47.9 Å². The Balaban J connectivity index is 1.43. The predicted molar refractivity (Wildman–Crippen MR) is 107 cm³/mol. The second-order valence-corrected chi connectivity index (χ2v) is 7.83. The highest BCUT2D eigenvalue weighted by atomic mass is 19.4. The molecule has 2 heterocycles. The Labute approximate surface area is 178 Å². The van der Waals surface area contributed by atoms with Crippen molar-refractivity contribution in [2.45, 2.75) is 56.0 Å². The number of fused-ring (bicyclic) bond motifs is 2. The molecule has 4 nitrogen and oxygen atoms in total. The van der Waals surface area contributed by atoms with Crippen molar-refractivity contribution in [1.29, 1.82) is 0 Å². The zero-order valence-corrected chi connectivity index (χ0v) is 17.0. The zero-order chi connectivity index (χ0) is 22.1. The van der Waals surface area contributed by atoms with E-state index in [9.17, 15) is 18.3 Å². The quantitative estimate of drug-likeness (QED) is 0.731. The molecule has 0 radical (unpaired) electrons. The number of methoxy groups -OCH3 is 1. The Morgan fingerprint density at radius 2 is 1.81 bits per heavy atom. The molecule has 0 aromatic heterocycles. The van der Waals surface area contributed by atoms with Crippen LogP contribution in [0.4, 0.5) is 13.2 Å². The minimum absolute atomic E-state index is 0.475. The van der Waals surface area contributed by atoms with E-state index in [2.05, 4.69) is 11.8 Å². The molecule has 7 heteroatoms. The summed E-state index contributed by atoms with van der Waals surface area (Å²) in [6.07, 6.45) is -4.14. The number of aliphatic hydroxyl groups is 1. The van der Waals surface area contributed by atoms with Gasteiger partial charge in [0, 0.05) is 18.4 Å². The summed E-state index contributed by atoms with van der Waals surface area (Å²) in [5, 5.41) is 10.3. The van der Waals surface area contributed by atoms with E-state index in [-0.39, 0.29) is 0 Å². The SMILES string of the molecule is COc1ccc(C#C[C@H]2O[C@]3(CCc4ccc(C(F)(F)F)cc4)CC[C@H](O)[C@@H]2O3)cc1. The molecule has 31 heavy (non-hydrogen) atoms. The Bertz CT molecular complexity index is 960. The lowest BCUT2D eigenvalue weighted by Crippen LogP contribution is -2.41. The van der Waals surface area contributed by atoms with Crippen molar-refractivity contribution in [1.82, 2.24) is 0 Å². The van der Waals surface area contributed by atoms with Crippen LogP contribution in [-0.4, -0.2) is 36.3 Å². The third-order valence-corrected chi connectivity index (χ3v) is 5.72. The van der Waals surface area contributed by atoms with Crippen LogP contribution < -0.4 is 4.74 Å². The first-order valence-corrected chi connectivity index (χ1v) is 10.1. The number of aliphatic hydroxyl groups excluding tert-OH is 1. The van der Waals surface area contributed by atoms with Gasteiger partial charge in [0.2, 0.25) is 0 Å². The van der Waals surface area contributed by atoms with E-state index in [1.807, 2.05) is 24.3 Å². The molecular weight excluding hydrogens is 409 g/mol. The average molecular weight is 432 g/mol. The fourth-order valence-electron chi connectivity index (χ4n) is 3.94. The fraction of sp³-hybridized carbons (Fsp3) is 0.417. The van der Waals surface area contributed by atoms with E-state index >= 15 is 0 Å². The zero-order valence-electron chi connectivity index (χ0n) is 17.0. The maximum atomic E-state index is 12.7. The Kier molecular flexibility index (Phi) is 5.98. The van der Waals surface area contributed by atoms with Crippen molar-refractivity contribution in [2.24, 2.45) is 0 Å². The summed E-state index contributed by atoms with van der Waals surface area (Å²) < 4.78 is 55.6. The number of ether oxygens (including phenoxy) is 3. The van der Waals surface area contributed by atoms with Gasteiger partial charge >= 0.3 is 6.18 Å². The largest absolute Gasteiger partial charge is 0.497 e. The lowest BCUT2D eigenvalue weighted by atomic mass is 9.94. The van der Waals surface area contributed by atoms with E-state index in [1.165, 1.54) is 12.1 Å². The number of halogens is 3. The number of aryl methyl sites for hydroxylation is 1. The van der Waals surface area contributed by atoms with Crippen molar-refractivity contribution in [3.05, 3.63) is 65.2 Å². The predicted octanol–water partition coefficient (Wildman–Crippen LogP) is 4.33. The third-order valence-electron chi connectivity index (χ3n) is 5.72. The van der Waals surface area contributed by atoms with E-state index < -0.39 is 35.8 Å². The lowest BCUT2D eigenvalue weighted by Gasteiger charge is -2.33. The Morgan fingerprint density at radius 3 is 2.45 bits per heavy atom. The summed E-state index contributed by atoms with van der Waals surface area (Å²) in [4.78, 5) is 0. The van der Waals surface area contributed by atoms with Gasteiger partial charge in [0.1, 0.15) is 11.9 Å². The van der Waals surface area contributed by atoms with Gasteiger partial charge in [-0.05, 0) is 54.8 Å². The van der Waals surface area contributed by atoms with Crippen LogP contribution in [0.3, 0.4) is 0 Å². The molecule has 2 fully saturated rings. The normalized spacial score (nSPS) is 27.5. The van der Waals surface area contributed by atoms with Crippen molar-refractivity contribution in [2.75, 3.05) is 7.11 Å². The monoisotopic (exact) mass is 432 g/mol. The Morgan fingerprint density at radius 1 is 1.10 bits per heavy atom. The molecular formula is C24H23F3O4. The number of hydrogen-bond acceptors (Lipinski definition) is 4. The van der Waals surface area contributed by atoms with Gasteiger partial charge in [0.25, 0.3) is 0 Å². The second kappa shape index (κ2) is 8.54. The van der Waals surface area contributed by atoms with Crippen LogP contribution in [0.15, 0.2) is 48.5 Å². The maximum absolute atomic E-state index is 12.7. The minimum atomic E-state index is -4.35. The van der Waals surface area contributed by atoms with Crippen LogP contribution in [0.5, 0.6) is 5.75 Å². The van der Waals surface area contributed by atoms with Crippen LogP contribution in [0, 0.1) is 11.8 Å². The molecule has 2 saturated heterocycles. The fourth-order valence-corrected chi connectivity index (χ4v) is 3.94. The van der Waals surface area contributed by atoms with E-state index in [0.717, 1.165) is 29.0 Å². The molecule has 2 aliphatic rings. The number of rotatable bonds is 4. The number of benzene rings is 2. The maximum Gasteiger partial charge on any atom is 0.416 e. The molecule has 164 valence electrons. The van der Waals surface area contributed by atoms with E-state index in [0.29, 0.717) is 25.7 Å². The van der Waals surface area contributed by atoms with Gasteiger partial charge < -0.3 is 19.3 Å². The molecule has 2 aliphatic heterocycles. The summed E-state index contributed by atoms with van der Waals surface area (Å²) in [5.41, 5.74) is 0.890. The van der Waals surface area contributed by atoms with E-state index in [1.54, 1.807) is 7.11 Å². The first kappa shape index (κ1) is 21.7. The van der Waals surface area contributed by atoms with Gasteiger partial charge in [-0.1, -0.05) is 24.0 Å². The minimum Gasteiger partial charge on any atom is -0.497 e. The van der Waals surface area contributed by atoms with Gasteiger partial charge in [-0.15, -0.1) is 0 Å². The molecule has 2 aromatic rings. The van der Waals surface area contributed by atoms with Crippen LogP contribution in [0.2, 0.25) is 0 Å². The summed E-state index contributed by atoms with van der Waals surface area (Å²) in [6.45, 7) is 0. The van der Waals surface area contributed by atoms with Crippen molar-refractivity contribution in [3.8, 4) is 17.6 Å². The molecule has 0 spiro atoms. The van der Waals surface area contributed by atoms with Crippen molar-refractivity contribution >= 4 is 0 Å². The number of alkyl halides is 3. The van der Waals surface area contributed by atoms with Crippen molar-refractivity contribution < 1.29 is 32.5 Å². The summed E-state index contributed by atoms with van der Waals surface area (Å²) in [5.74, 6) is 5.97. The molecule has 2 bridgehead atoms. The standard InChI is InChI=1S/C24H23F3O4/c1-29-19-9-4-16(5-10-19)6-11-21-22-20(28)13-15-23(30-21,31-22)14-12-17-2-7-18(8-3-17)24(25,26)27/h2-5,7-10,20-22,28H,12-15H2,1H3/t20-,21+,22-,23-/m0/s1. The Hall–Kier alpha value is -2.53. The molecule has 0 saturated carbocycles. The van der Waals surface area contributed by atoms with Gasteiger partial charge in [0.15, 0.2) is 11.9 Å². The average Bonchev–Trinajstić information content (AvgIpc) is 3.08. The van der Waals surface area contributed by atoms with Crippen LogP contribution >= 0.6 is 0 Å². The van der Waals surface area contributed by atoms with Crippen molar-refractivity contribution in [3.63, 3.8) is 0 Å².